The molecule has 4 aliphatic rings. The van der Waals surface area contributed by atoms with Crippen LogP contribution in [0.4, 0.5) is 0 Å². The molecular weight excluding hydrogens is 440 g/mol. The zero-order valence-electron chi connectivity index (χ0n) is 22.7. The van der Waals surface area contributed by atoms with Gasteiger partial charge in [-0.3, -0.25) is 9.59 Å². The molecule has 194 valence electrons. The summed E-state index contributed by atoms with van der Waals surface area (Å²) in [6.45, 7) is 14.6. The number of aliphatic hydroxyl groups excluding tert-OH is 1. The van der Waals surface area contributed by atoms with Crippen molar-refractivity contribution in [3.05, 3.63) is 22.8 Å². The van der Waals surface area contributed by atoms with Crippen molar-refractivity contribution in [1.29, 1.82) is 0 Å². The van der Waals surface area contributed by atoms with Gasteiger partial charge in [0.15, 0.2) is 5.78 Å². The number of hydrogen-bond acceptors (Lipinski definition) is 4. The van der Waals surface area contributed by atoms with Crippen LogP contribution in [0.1, 0.15) is 99.8 Å². The number of carboxylic acid groups (broad SMARTS) is 1. The van der Waals surface area contributed by atoms with Gasteiger partial charge >= 0.3 is 5.97 Å². The zero-order valence-corrected chi connectivity index (χ0v) is 22.7. The number of carbonyl (C=O) groups excluding carboxylic acids is 2. The molecule has 2 N–H and O–H groups in total. The lowest BCUT2D eigenvalue weighted by Gasteiger charge is -2.60. The third-order valence-electron chi connectivity index (χ3n) is 11.5. The highest BCUT2D eigenvalue weighted by Gasteiger charge is 2.68. The molecule has 0 saturated heterocycles. The highest BCUT2D eigenvalue weighted by molar-refractivity contribution is 6.01. The third kappa shape index (κ3) is 3.54. The molecule has 4 aliphatic carbocycles. The first kappa shape index (κ1) is 26.3. The number of carboxylic acids is 1. The van der Waals surface area contributed by atoms with Gasteiger partial charge in [0.2, 0.25) is 0 Å². The van der Waals surface area contributed by atoms with Gasteiger partial charge in [0, 0.05) is 34.8 Å². The number of allylic oxidation sites excluding steroid dienone is 2. The lowest BCUT2D eigenvalue weighted by atomic mass is 9.43. The fourth-order valence-electron chi connectivity index (χ4n) is 8.95. The summed E-state index contributed by atoms with van der Waals surface area (Å²) in [7, 11) is 0. The minimum absolute atomic E-state index is 0.0213. The number of aliphatic hydroxyl groups is 1. The average molecular weight is 485 g/mol. The van der Waals surface area contributed by atoms with Crippen LogP contribution in [0.25, 0.3) is 0 Å². The summed E-state index contributed by atoms with van der Waals surface area (Å²) < 4.78 is 0. The van der Waals surface area contributed by atoms with Gasteiger partial charge in [0.05, 0.1) is 6.10 Å². The van der Waals surface area contributed by atoms with E-state index in [1.807, 2.05) is 13.8 Å². The Morgan fingerprint density at radius 2 is 1.77 bits per heavy atom. The number of aliphatic carboxylic acids is 1. The van der Waals surface area contributed by atoms with Crippen LogP contribution in [-0.4, -0.2) is 33.9 Å². The van der Waals surface area contributed by atoms with Gasteiger partial charge in [-0.1, -0.05) is 53.2 Å². The van der Waals surface area contributed by atoms with Gasteiger partial charge in [-0.2, -0.15) is 0 Å². The summed E-state index contributed by atoms with van der Waals surface area (Å²) >= 11 is 0. The first-order chi connectivity index (χ1) is 16.1. The van der Waals surface area contributed by atoms with Crippen LogP contribution in [0.2, 0.25) is 0 Å². The molecule has 2 saturated carbocycles. The molecule has 0 heterocycles. The number of fused-ring (bicyclic) bond motifs is 4. The average Bonchev–Trinajstić information content (AvgIpc) is 2.99. The monoisotopic (exact) mass is 484 g/mol. The molecule has 7 atom stereocenters. The Balaban J connectivity index is 1.71. The number of hydrogen-bond donors (Lipinski definition) is 2. The van der Waals surface area contributed by atoms with E-state index in [-0.39, 0.29) is 34.2 Å². The first-order valence-electron chi connectivity index (χ1n) is 13.5. The van der Waals surface area contributed by atoms with E-state index >= 15 is 0 Å². The maximum Gasteiger partial charge on any atom is 0.330 e. The summed E-state index contributed by atoms with van der Waals surface area (Å²) in [6, 6.07) is 0. The topological polar surface area (TPSA) is 91.7 Å². The third-order valence-corrected chi connectivity index (χ3v) is 11.5. The summed E-state index contributed by atoms with van der Waals surface area (Å²) in [4.78, 5) is 37.9. The summed E-state index contributed by atoms with van der Waals surface area (Å²) in [6.07, 6.45) is 7.00. The fourth-order valence-corrected chi connectivity index (χ4v) is 8.95. The van der Waals surface area contributed by atoms with Crippen LogP contribution in [0.15, 0.2) is 22.8 Å². The van der Waals surface area contributed by atoms with Gasteiger partial charge in [0.25, 0.3) is 0 Å². The van der Waals surface area contributed by atoms with E-state index in [9.17, 15) is 19.5 Å². The van der Waals surface area contributed by atoms with Crippen molar-refractivity contribution in [2.24, 2.45) is 39.4 Å². The number of rotatable bonds is 5. The summed E-state index contributed by atoms with van der Waals surface area (Å²) in [5.41, 5.74) is 1.02. The second-order valence-corrected chi connectivity index (χ2v) is 13.3. The molecule has 0 aromatic heterocycles. The Bertz CT molecular complexity index is 1020. The van der Waals surface area contributed by atoms with Crippen molar-refractivity contribution in [2.45, 2.75) is 106 Å². The molecule has 5 heteroatoms. The van der Waals surface area contributed by atoms with Crippen molar-refractivity contribution in [3.63, 3.8) is 0 Å². The molecule has 1 unspecified atom stereocenters. The minimum atomic E-state index is -0.879. The lowest BCUT2D eigenvalue weighted by molar-refractivity contribution is -0.143. The van der Waals surface area contributed by atoms with Crippen molar-refractivity contribution in [3.8, 4) is 0 Å². The van der Waals surface area contributed by atoms with Crippen LogP contribution in [-0.2, 0) is 14.4 Å². The Morgan fingerprint density at radius 1 is 1.11 bits per heavy atom. The van der Waals surface area contributed by atoms with Gasteiger partial charge in [-0.15, -0.1) is 0 Å². The van der Waals surface area contributed by atoms with E-state index in [0.29, 0.717) is 37.2 Å². The molecule has 0 radical (unpaired) electrons. The van der Waals surface area contributed by atoms with E-state index in [0.717, 1.165) is 31.3 Å². The molecule has 0 aliphatic heterocycles. The Morgan fingerprint density at radius 3 is 2.40 bits per heavy atom. The highest BCUT2D eigenvalue weighted by Crippen LogP contribution is 2.71. The van der Waals surface area contributed by atoms with Crippen molar-refractivity contribution < 1.29 is 24.6 Å². The van der Waals surface area contributed by atoms with E-state index < -0.39 is 22.9 Å². The molecule has 35 heavy (non-hydrogen) atoms. The second kappa shape index (κ2) is 8.39. The smallest absolute Gasteiger partial charge is 0.330 e. The summed E-state index contributed by atoms with van der Waals surface area (Å²) in [5.74, 6) is 0.127. The maximum absolute atomic E-state index is 13.9. The van der Waals surface area contributed by atoms with Crippen molar-refractivity contribution >= 4 is 17.5 Å². The Labute approximate surface area is 210 Å². The first-order valence-corrected chi connectivity index (χ1v) is 13.5. The van der Waals surface area contributed by atoms with Gasteiger partial charge < -0.3 is 10.2 Å². The van der Waals surface area contributed by atoms with Crippen molar-refractivity contribution in [1.82, 2.24) is 0 Å². The van der Waals surface area contributed by atoms with Gasteiger partial charge in [-0.25, -0.2) is 4.79 Å². The molecule has 0 aromatic rings. The Hall–Kier alpha value is -1.75. The lowest BCUT2D eigenvalue weighted by Crippen LogP contribution is -2.57. The second-order valence-electron chi connectivity index (χ2n) is 13.3. The highest BCUT2D eigenvalue weighted by atomic mass is 16.4. The predicted octanol–water partition coefficient (Wildman–Crippen LogP) is 5.90. The van der Waals surface area contributed by atoms with E-state index in [4.69, 9.17) is 5.11 Å². The van der Waals surface area contributed by atoms with Crippen LogP contribution < -0.4 is 0 Å². The van der Waals surface area contributed by atoms with Crippen LogP contribution >= 0.6 is 0 Å². The predicted molar refractivity (Wildman–Crippen MR) is 136 cm³/mol. The summed E-state index contributed by atoms with van der Waals surface area (Å²) in [5, 5.41) is 20.8. The van der Waals surface area contributed by atoms with Crippen molar-refractivity contribution in [2.75, 3.05) is 0 Å². The maximum atomic E-state index is 13.9. The SMILES string of the molecule is C/C(=C\CC[C@@H](C)[C@H]1C[C@H](O)[C@@]2(C)C3=C(CC[C@]12C)[C@@]1(C)CCC(=O)C(C)(C)C1CC3=O)C(=O)O. The molecule has 5 nitrogen and oxygen atoms in total. The quantitative estimate of drug-likeness (QED) is 0.474. The molecule has 0 aromatic carbocycles. The molecule has 4 rings (SSSR count). The van der Waals surface area contributed by atoms with E-state index in [1.54, 1.807) is 13.0 Å². The fraction of sp³-hybridized carbons (Fsp3) is 0.767. The standard InChI is InChI=1S/C30H44O5/c1-17(9-8-10-18(2)26(34)35)20-15-24(33)30(7)25-19(11-14-29(20,30)6)28(5)13-12-23(32)27(3,4)22(28)16-21(25)31/h10,17,20,22,24,33H,8-9,11-16H2,1-7H3,(H,34,35)/b18-10+/t17-,20-,22?,24+,28-,29-,30+/m1/s1. The number of ketones is 2. The zero-order chi connectivity index (χ0) is 26.1. The van der Waals surface area contributed by atoms with Gasteiger partial charge in [0.1, 0.15) is 5.78 Å². The molecule has 0 amide bonds. The number of Topliss-reactive ketones (excluding diaryl/α,β-unsaturated/α-hetero) is 2. The molecule has 0 spiro atoms. The minimum Gasteiger partial charge on any atom is -0.478 e. The van der Waals surface area contributed by atoms with Gasteiger partial charge in [-0.05, 0) is 74.0 Å². The molecular formula is C30H44O5. The number of carbonyl (C=O) groups is 3. The normalized spacial score (nSPS) is 41.8. The van der Waals surface area contributed by atoms with Crippen LogP contribution in [0.5, 0.6) is 0 Å². The molecule has 2 fully saturated rings. The van der Waals surface area contributed by atoms with Crippen LogP contribution in [0.3, 0.4) is 0 Å². The largest absolute Gasteiger partial charge is 0.478 e. The Kier molecular flexibility index (Phi) is 6.31. The van der Waals surface area contributed by atoms with Crippen LogP contribution in [0, 0.1) is 39.4 Å². The molecule has 0 bridgehead atoms. The van der Waals surface area contributed by atoms with E-state index in [2.05, 4.69) is 27.7 Å². The van der Waals surface area contributed by atoms with E-state index in [1.165, 1.54) is 5.57 Å².